The van der Waals surface area contributed by atoms with E-state index in [1.807, 2.05) is 69.3 Å². The minimum atomic E-state index is -0.738. The van der Waals surface area contributed by atoms with E-state index in [9.17, 15) is 9.59 Å². The lowest BCUT2D eigenvalue weighted by Gasteiger charge is -2.21. The van der Waals surface area contributed by atoms with Crippen molar-refractivity contribution >= 4 is 22.6 Å². The number of benzene rings is 3. The molecule has 3 aromatic rings. The highest BCUT2D eigenvalue weighted by molar-refractivity contribution is 5.97. The molecule has 1 unspecified atom stereocenters. The number of ether oxygens (including phenoxy) is 1. The van der Waals surface area contributed by atoms with Crippen molar-refractivity contribution < 1.29 is 14.3 Å². The van der Waals surface area contributed by atoms with Crippen LogP contribution in [0.4, 0.5) is 0 Å². The van der Waals surface area contributed by atoms with E-state index >= 15 is 0 Å². The van der Waals surface area contributed by atoms with Gasteiger partial charge in [0.05, 0.1) is 0 Å². The molecule has 4 heteroatoms. The number of carbonyl (C=O) groups is 2. The maximum atomic E-state index is 12.8. The van der Waals surface area contributed by atoms with E-state index in [1.54, 1.807) is 18.2 Å². The van der Waals surface area contributed by atoms with Gasteiger partial charge in [0.1, 0.15) is 11.8 Å². The number of nitrogens with one attached hydrogen (secondary N) is 1. The van der Waals surface area contributed by atoms with Gasteiger partial charge < -0.3 is 10.1 Å². The SMILES string of the molecule is Cc1ccc(C(=O)NC(C(=O)Oc2cccc3ccccc23)C(C)C)cc1. The number of fused-ring (bicyclic) bond motifs is 1. The summed E-state index contributed by atoms with van der Waals surface area (Å²) in [5.41, 5.74) is 1.59. The number of hydrogen-bond acceptors (Lipinski definition) is 3. The molecular weight excluding hydrogens is 338 g/mol. The highest BCUT2D eigenvalue weighted by Gasteiger charge is 2.27. The van der Waals surface area contributed by atoms with Crippen LogP contribution in [0.25, 0.3) is 10.8 Å². The molecule has 1 atom stereocenters. The summed E-state index contributed by atoms with van der Waals surface area (Å²) in [4.78, 5) is 25.3. The molecule has 0 bridgehead atoms. The predicted molar refractivity (Wildman–Crippen MR) is 107 cm³/mol. The molecule has 0 saturated carbocycles. The van der Waals surface area contributed by atoms with Crippen molar-refractivity contribution in [3.05, 3.63) is 77.9 Å². The third-order valence-corrected chi connectivity index (χ3v) is 4.48. The molecule has 0 fully saturated rings. The van der Waals surface area contributed by atoms with Gasteiger partial charge in [-0.25, -0.2) is 4.79 Å². The van der Waals surface area contributed by atoms with Crippen LogP contribution in [0.5, 0.6) is 5.75 Å². The Morgan fingerprint density at radius 3 is 2.26 bits per heavy atom. The summed E-state index contributed by atoms with van der Waals surface area (Å²) in [7, 11) is 0. The monoisotopic (exact) mass is 361 g/mol. The Hall–Kier alpha value is -3.14. The molecule has 138 valence electrons. The fraction of sp³-hybridized carbons (Fsp3) is 0.217. The van der Waals surface area contributed by atoms with E-state index in [-0.39, 0.29) is 11.8 Å². The van der Waals surface area contributed by atoms with Crippen LogP contribution in [0.1, 0.15) is 29.8 Å². The van der Waals surface area contributed by atoms with Crippen molar-refractivity contribution in [2.75, 3.05) is 0 Å². The molecule has 0 heterocycles. The summed E-state index contributed by atoms with van der Waals surface area (Å²) in [6, 6.07) is 19.8. The number of esters is 1. The van der Waals surface area contributed by atoms with E-state index in [1.165, 1.54) is 0 Å². The number of amides is 1. The lowest BCUT2D eigenvalue weighted by atomic mass is 10.0. The van der Waals surface area contributed by atoms with E-state index in [4.69, 9.17) is 4.74 Å². The van der Waals surface area contributed by atoms with Crippen LogP contribution in [0.3, 0.4) is 0 Å². The van der Waals surface area contributed by atoms with Gasteiger partial charge in [-0.3, -0.25) is 4.79 Å². The van der Waals surface area contributed by atoms with Gasteiger partial charge in [-0.15, -0.1) is 0 Å². The van der Waals surface area contributed by atoms with Crippen LogP contribution in [-0.4, -0.2) is 17.9 Å². The minimum absolute atomic E-state index is 0.109. The van der Waals surface area contributed by atoms with Crippen molar-refractivity contribution in [2.45, 2.75) is 26.8 Å². The molecule has 0 aromatic heterocycles. The minimum Gasteiger partial charge on any atom is -0.424 e. The number of hydrogen-bond donors (Lipinski definition) is 1. The molecule has 1 N–H and O–H groups in total. The molecule has 4 nitrogen and oxygen atoms in total. The summed E-state index contributed by atoms with van der Waals surface area (Å²) >= 11 is 0. The first-order valence-corrected chi connectivity index (χ1v) is 9.02. The molecule has 1 amide bonds. The van der Waals surface area contributed by atoms with Gasteiger partial charge in [-0.1, -0.05) is 67.9 Å². The normalized spacial score (nSPS) is 12.0. The molecule has 3 aromatic carbocycles. The average Bonchev–Trinajstić information content (AvgIpc) is 2.66. The fourth-order valence-electron chi connectivity index (χ4n) is 2.88. The maximum absolute atomic E-state index is 12.8. The first-order chi connectivity index (χ1) is 13.0. The van der Waals surface area contributed by atoms with E-state index < -0.39 is 12.0 Å². The zero-order valence-corrected chi connectivity index (χ0v) is 15.7. The Kier molecular flexibility index (Phi) is 5.55. The number of aryl methyl sites for hydroxylation is 1. The van der Waals surface area contributed by atoms with E-state index in [2.05, 4.69) is 5.32 Å². The van der Waals surface area contributed by atoms with Gasteiger partial charge in [0.15, 0.2) is 0 Å². The molecule has 3 rings (SSSR count). The number of rotatable bonds is 5. The second-order valence-electron chi connectivity index (χ2n) is 6.96. The zero-order valence-electron chi connectivity index (χ0n) is 15.7. The zero-order chi connectivity index (χ0) is 19.4. The first kappa shape index (κ1) is 18.6. The van der Waals surface area contributed by atoms with Crippen LogP contribution in [0.2, 0.25) is 0 Å². The molecule has 0 aliphatic rings. The molecule has 0 radical (unpaired) electrons. The molecule has 0 aliphatic carbocycles. The first-order valence-electron chi connectivity index (χ1n) is 9.02. The van der Waals surface area contributed by atoms with E-state index in [0.29, 0.717) is 11.3 Å². The Labute approximate surface area is 159 Å². The largest absolute Gasteiger partial charge is 0.424 e. The predicted octanol–water partition coefficient (Wildman–Crippen LogP) is 4.51. The summed E-state index contributed by atoms with van der Waals surface area (Å²) in [6.07, 6.45) is 0. The topological polar surface area (TPSA) is 55.4 Å². The van der Waals surface area contributed by atoms with Crippen LogP contribution in [-0.2, 0) is 4.79 Å². The van der Waals surface area contributed by atoms with Crippen molar-refractivity contribution in [2.24, 2.45) is 5.92 Å². The third kappa shape index (κ3) is 4.34. The van der Waals surface area contributed by atoms with Gasteiger partial charge >= 0.3 is 5.97 Å². The smallest absolute Gasteiger partial charge is 0.334 e. The average molecular weight is 361 g/mol. The summed E-state index contributed by atoms with van der Waals surface area (Å²) in [5, 5.41) is 4.66. The van der Waals surface area contributed by atoms with Gasteiger partial charge in [-0.05, 0) is 36.4 Å². The second-order valence-corrected chi connectivity index (χ2v) is 6.96. The van der Waals surface area contributed by atoms with Gasteiger partial charge in [0.2, 0.25) is 0 Å². The highest BCUT2D eigenvalue weighted by Crippen LogP contribution is 2.26. The van der Waals surface area contributed by atoms with Crippen LogP contribution in [0, 0.1) is 12.8 Å². The van der Waals surface area contributed by atoms with Gasteiger partial charge in [0, 0.05) is 10.9 Å². The van der Waals surface area contributed by atoms with Crippen LogP contribution < -0.4 is 10.1 Å². The van der Waals surface area contributed by atoms with Crippen molar-refractivity contribution in [3.63, 3.8) is 0 Å². The maximum Gasteiger partial charge on any atom is 0.334 e. The molecule has 0 saturated heterocycles. The lowest BCUT2D eigenvalue weighted by molar-refractivity contribution is -0.137. The van der Waals surface area contributed by atoms with Crippen LogP contribution in [0.15, 0.2) is 66.7 Å². The third-order valence-electron chi connectivity index (χ3n) is 4.48. The quantitative estimate of drug-likeness (QED) is 0.537. The standard InChI is InChI=1S/C23H23NO3/c1-15(2)21(24-22(25)18-13-11-16(3)12-14-18)23(26)27-20-10-6-8-17-7-4-5-9-19(17)20/h4-15,21H,1-3H3,(H,24,25). The summed E-state index contributed by atoms with van der Waals surface area (Å²) in [5.74, 6) is -0.374. The van der Waals surface area contributed by atoms with Crippen molar-refractivity contribution in [1.82, 2.24) is 5.32 Å². The summed E-state index contributed by atoms with van der Waals surface area (Å²) < 4.78 is 5.65. The second kappa shape index (κ2) is 8.04. The highest BCUT2D eigenvalue weighted by atomic mass is 16.5. The molecule has 27 heavy (non-hydrogen) atoms. The van der Waals surface area contributed by atoms with Gasteiger partial charge in [0.25, 0.3) is 5.91 Å². The fourth-order valence-corrected chi connectivity index (χ4v) is 2.88. The lowest BCUT2D eigenvalue weighted by Crippen LogP contribution is -2.46. The molecule has 0 spiro atoms. The molecular formula is C23H23NO3. The van der Waals surface area contributed by atoms with Crippen LogP contribution >= 0.6 is 0 Å². The Morgan fingerprint density at radius 1 is 0.889 bits per heavy atom. The van der Waals surface area contributed by atoms with Crippen molar-refractivity contribution in [1.29, 1.82) is 0 Å². The Bertz CT molecular complexity index is 956. The molecule has 0 aliphatic heterocycles. The van der Waals surface area contributed by atoms with Gasteiger partial charge in [-0.2, -0.15) is 0 Å². The summed E-state index contributed by atoms with van der Waals surface area (Å²) in [6.45, 7) is 5.72. The number of carbonyl (C=O) groups excluding carboxylic acids is 2. The van der Waals surface area contributed by atoms with Crippen molar-refractivity contribution in [3.8, 4) is 5.75 Å². The Morgan fingerprint density at radius 2 is 1.56 bits per heavy atom. The Balaban J connectivity index is 1.79. The van der Waals surface area contributed by atoms with E-state index in [0.717, 1.165) is 16.3 Å².